The zero-order valence-corrected chi connectivity index (χ0v) is 21.8. The van der Waals surface area contributed by atoms with Crippen molar-refractivity contribution in [1.29, 1.82) is 0 Å². The third kappa shape index (κ3) is 6.27. The summed E-state index contributed by atoms with van der Waals surface area (Å²) in [4.78, 5) is 12.3. The van der Waals surface area contributed by atoms with Gasteiger partial charge < -0.3 is 14.6 Å². The zero-order chi connectivity index (χ0) is 23.5. The molecule has 1 unspecified atom stereocenters. The third-order valence-corrected chi connectivity index (χ3v) is 6.63. The first-order valence-corrected chi connectivity index (χ1v) is 12.2. The van der Waals surface area contributed by atoms with Crippen molar-refractivity contribution in [2.45, 2.75) is 44.4 Å². The van der Waals surface area contributed by atoms with Crippen molar-refractivity contribution in [3.63, 3.8) is 0 Å². The molecule has 1 aromatic heterocycles. The molecule has 2 aromatic carbocycles. The molecule has 0 aliphatic heterocycles. The van der Waals surface area contributed by atoms with Crippen LogP contribution in [0.5, 0.6) is 5.75 Å². The van der Waals surface area contributed by atoms with Gasteiger partial charge in [-0.1, -0.05) is 72.2 Å². The number of thioether (sulfide) groups is 1. The van der Waals surface area contributed by atoms with Gasteiger partial charge >= 0.3 is 0 Å². The van der Waals surface area contributed by atoms with Gasteiger partial charge in [0, 0.05) is 11.5 Å². The Morgan fingerprint density at radius 1 is 1.22 bits per heavy atom. The van der Waals surface area contributed by atoms with Crippen LogP contribution in [-0.4, -0.2) is 26.4 Å². The van der Waals surface area contributed by atoms with Gasteiger partial charge in [-0.25, -0.2) is 0 Å². The van der Waals surface area contributed by atoms with Crippen LogP contribution in [0, 0.1) is 0 Å². The topological polar surface area (TPSA) is 69.0 Å². The minimum absolute atomic E-state index is 0.0921. The molecule has 0 saturated heterocycles. The van der Waals surface area contributed by atoms with Crippen LogP contribution in [0.4, 0.5) is 5.69 Å². The van der Waals surface area contributed by atoms with E-state index in [0.717, 1.165) is 10.2 Å². The molecule has 1 atom stereocenters. The number of benzene rings is 2. The summed E-state index contributed by atoms with van der Waals surface area (Å²) in [6.45, 7) is 8.46. The molecule has 1 heterocycles. The standard InChI is InChI=1S/C23H26BrClN4O2S/c1-14(31-17-9-6-15(7-10-17)23(2,3)4)21-27-28-22(29(21)5)32-13-20(30)26-19-11-8-16(24)12-18(19)25/h6-12,14H,13H2,1-5H3,(H,26,30). The quantitative estimate of drug-likeness (QED) is 0.353. The number of carbonyl (C=O) groups excluding carboxylic acids is 1. The Kier molecular flexibility index (Phi) is 7.90. The Bertz CT molecular complexity index is 1100. The van der Waals surface area contributed by atoms with E-state index in [-0.39, 0.29) is 23.2 Å². The molecule has 9 heteroatoms. The van der Waals surface area contributed by atoms with Crippen LogP contribution >= 0.6 is 39.3 Å². The number of hydrogen-bond donors (Lipinski definition) is 1. The molecular weight excluding hydrogens is 512 g/mol. The first-order chi connectivity index (χ1) is 15.0. The normalized spacial score (nSPS) is 12.5. The van der Waals surface area contributed by atoms with Gasteiger partial charge in [0.2, 0.25) is 5.91 Å². The molecule has 6 nitrogen and oxygen atoms in total. The number of ether oxygens (including phenoxy) is 1. The van der Waals surface area contributed by atoms with Gasteiger partial charge in [-0.2, -0.15) is 0 Å². The molecule has 0 spiro atoms. The van der Waals surface area contributed by atoms with E-state index in [1.807, 2.05) is 36.7 Å². The van der Waals surface area contributed by atoms with E-state index < -0.39 is 0 Å². The van der Waals surface area contributed by atoms with Gasteiger partial charge in [0.05, 0.1) is 16.5 Å². The van der Waals surface area contributed by atoms with E-state index in [9.17, 15) is 4.79 Å². The van der Waals surface area contributed by atoms with E-state index in [4.69, 9.17) is 16.3 Å². The van der Waals surface area contributed by atoms with Crippen molar-refractivity contribution >= 4 is 50.9 Å². The molecule has 0 aliphatic rings. The number of rotatable bonds is 7. The van der Waals surface area contributed by atoms with Crippen LogP contribution in [0.15, 0.2) is 52.1 Å². The summed E-state index contributed by atoms with van der Waals surface area (Å²) in [5.74, 6) is 1.46. The summed E-state index contributed by atoms with van der Waals surface area (Å²) in [6, 6.07) is 13.4. The lowest BCUT2D eigenvalue weighted by atomic mass is 9.87. The number of nitrogens with one attached hydrogen (secondary N) is 1. The van der Waals surface area contributed by atoms with Crippen molar-refractivity contribution in [2.75, 3.05) is 11.1 Å². The maximum atomic E-state index is 12.3. The highest BCUT2D eigenvalue weighted by atomic mass is 79.9. The lowest BCUT2D eigenvalue weighted by Crippen LogP contribution is -2.15. The first kappa shape index (κ1) is 24.6. The molecule has 3 aromatic rings. The van der Waals surface area contributed by atoms with Crippen LogP contribution in [0.2, 0.25) is 5.02 Å². The largest absolute Gasteiger partial charge is 0.483 e. The minimum Gasteiger partial charge on any atom is -0.483 e. The Morgan fingerprint density at radius 2 is 1.91 bits per heavy atom. The Morgan fingerprint density at radius 3 is 2.53 bits per heavy atom. The van der Waals surface area contributed by atoms with Crippen molar-refractivity contribution in [1.82, 2.24) is 14.8 Å². The number of nitrogens with zero attached hydrogens (tertiary/aromatic N) is 3. The molecule has 0 bridgehead atoms. The Hall–Kier alpha value is -2.03. The van der Waals surface area contributed by atoms with E-state index >= 15 is 0 Å². The molecule has 0 saturated carbocycles. The SMILES string of the molecule is CC(Oc1ccc(C(C)(C)C)cc1)c1nnc(SCC(=O)Nc2ccc(Br)cc2Cl)n1C. The Labute approximate surface area is 206 Å². The smallest absolute Gasteiger partial charge is 0.234 e. The number of amides is 1. The van der Waals surface area contributed by atoms with Crippen LogP contribution in [-0.2, 0) is 17.3 Å². The van der Waals surface area contributed by atoms with Gasteiger partial charge in [0.25, 0.3) is 0 Å². The maximum Gasteiger partial charge on any atom is 0.234 e. The lowest BCUT2D eigenvalue weighted by molar-refractivity contribution is -0.113. The molecular formula is C23H26BrClN4O2S. The fraction of sp³-hybridized carbons (Fsp3) is 0.348. The summed E-state index contributed by atoms with van der Waals surface area (Å²) >= 11 is 10.8. The maximum absolute atomic E-state index is 12.3. The van der Waals surface area contributed by atoms with E-state index in [1.54, 1.807) is 12.1 Å². The van der Waals surface area contributed by atoms with Crippen molar-refractivity contribution in [3.05, 3.63) is 63.3 Å². The molecule has 170 valence electrons. The predicted octanol–water partition coefficient (Wildman–Crippen LogP) is 6.40. The van der Waals surface area contributed by atoms with Gasteiger partial charge in [0.15, 0.2) is 17.1 Å². The van der Waals surface area contributed by atoms with Crippen LogP contribution in [0.25, 0.3) is 0 Å². The average molecular weight is 538 g/mol. The number of carbonyl (C=O) groups is 1. The van der Waals surface area contributed by atoms with Crippen LogP contribution in [0.1, 0.15) is 45.2 Å². The van der Waals surface area contributed by atoms with Gasteiger partial charge in [-0.15, -0.1) is 10.2 Å². The average Bonchev–Trinajstić information content (AvgIpc) is 3.09. The minimum atomic E-state index is -0.294. The summed E-state index contributed by atoms with van der Waals surface area (Å²) in [6.07, 6.45) is -0.294. The molecule has 1 N–H and O–H groups in total. The second-order valence-corrected chi connectivity index (χ2v) is 10.7. The highest BCUT2D eigenvalue weighted by Gasteiger charge is 2.19. The van der Waals surface area contributed by atoms with Gasteiger partial charge in [-0.3, -0.25) is 4.79 Å². The van der Waals surface area contributed by atoms with Gasteiger partial charge in [-0.05, 0) is 48.2 Å². The number of anilines is 1. The van der Waals surface area contributed by atoms with Crippen LogP contribution in [0.3, 0.4) is 0 Å². The Balaban J connectivity index is 1.59. The molecule has 1 amide bonds. The number of hydrogen-bond acceptors (Lipinski definition) is 5. The molecule has 0 radical (unpaired) electrons. The van der Waals surface area contributed by atoms with E-state index in [1.165, 1.54) is 17.3 Å². The second-order valence-electron chi connectivity index (χ2n) is 8.40. The van der Waals surface area contributed by atoms with Crippen molar-refractivity contribution in [2.24, 2.45) is 7.05 Å². The van der Waals surface area contributed by atoms with Crippen molar-refractivity contribution < 1.29 is 9.53 Å². The zero-order valence-electron chi connectivity index (χ0n) is 18.6. The predicted molar refractivity (Wildman–Crippen MR) is 134 cm³/mol. The summed E-state index contributed by atoms with van der Waals surface area (Å²) < 4.78 is 8.76. The van der Waals surface area contributed by atoms with Crippen molar-refractivity contribution in [3.8, 4) is 5.75 Å². The summed E-state index contributed by atoms with van der Waals surface area (Å²) in [7, 11) is 1.86. The molecule has 3 rings (SSSR count). The second kappa shape index (κ2) is 10.3. The molecule has 0 aliphatic carbocycles. The molecule has 32 heavy (non-hydrogen) atoms. The number of halogens is 2. The van der Waals surface area contributed by atoms with Gasteiger partial charge in [0.1, 0.15) is 5.75 Å². The first-order valence-electron chi connectivity index (χ1n) is 10.1. The fourth-order valence-corrected chi connectivity index (χ4v) is 4.44. The van der Waals surface area contributed by atoms with E-state index in [0.29, 0.717) is 21.7 Å². The molecule has 0 fully saturated rings. The summed E-state index contributed by atoms with van der Waals surface area (Å²) in [5.41, 5.74) is 1.91. The number of aromatic nitrogens is 3. The summed E-state index contributed by atoms with van der Waals surface area (Å²) in [5, 5.41) is 12.4. The fourth-order valence-electron chi connectivity index (χ4n) is 3.00. The third-order valence-electron chi connectivity index (χ3n) is 4.80. The van der Waals surface area contributed by atoms with E-state index in [2.05, 4.69) is 64.3 Å². The van der Waals surface area contributed by atoms with Crippen LogP contribution < -0.4 is 10.1 Å². The monoisotopic (exact) mass is 536 g/mol. The lowest BCUT2D eigenvalue weighted by Gasteiger charge is -2.20. The highest BCUT2D eigenvalue weighted by molar-refractivity contribution is 9.10. The highest BCUT2D eigenvalue weighted by Crippen LogP contribution is 2.28.